The van der Waals surface area contributed by atoms with Crippen LogP contribution in [0.3, 0.4) is 0 Å². The van der Waals surface area contributed by atoms with Crippen LogP contribution in [0.2, 0.25) is 0 Å². The number of hydrogen-bond acceptors (Lipinski definition) is 4. The number of allylic oxidation sites excluding steroid dienone is 2. The van der Waals surface area contributed by atoms with Crippen molar-refractivity contribution in [1.82, 2.24) is 4.98 Å². The van der Waals surface area contributed by atoms with E-state index in [4.69, 9.17) is 9.72 Å². The summed E-state index contributed by atoms with van der Waals surface area (Å²) < 4.78 is 5.35. The van der Waals surface area contributed by atoms with Gasteiger partial charge in [0.25, 0.3) is 0 Å². The molecule has 146 valence electrons. The molecule has 1 aromatic heterocycles. The van der Waals surface area contributed by atoms with Crippen LogP contribution in [0.25, 0.3) is 10.9 Å². The molecule has 29 heavy (non-hydrogen) atoms. The second kappa shape index (κ2) is 6.45. The van der Waals surface area contributed by atoms with Gasteiger partial charge in [-0.2, -0.15) is 0 Å². The van der Waals surface area contributed by atoms with Gasteiger partial charge in [-0.15, -0.1) is 0 Å². The molecule has 3 aromatic rings. The number of fused-ring (bicyclic) bond motifs is 3. The monoisotopic (exact) mass is 384 g/mol. The minimum absolute atomic E-state index is 0.0417. The summed E-state index contributed by atoms with van der Waals surface area (Å²) in [6, 6.07) is 16.3. The summed E-state index contributed by atoms with van der Waals surface area (Å²) in [5.74, 6) is 0.904. The fraction of sp³-hybridized carbons (Fsp3) is 0.280. The van der Waals surface area contributed by atoms with Crippen molar-refractivity contribution in [2.45, 2.75) is 32.6 Å². The van der Waals surface area contributed by atoms with Crippen LogP contribution in [-0.4, -0.2) is 17.9 Å². The summed E-state index contributed by atoms with van der Waals surface area (Å²) in [7, 11) is 1.67. The Balaban J connectivity index is 1.79. The van der Waals surface area contributed by atoms with E-state index >= 15 is 0 Å². The molecule has 0 fully saturated rings. The first-order valence-corrected chi connectivity index (χ1v) is 10.0. The number of pyridine rings is 1. The summed E-state index contributed by atoms with van der Waals surface area (Å²) in [4.78, 5) is 18.1. The third-order valence-electron chi connectivity index (χ3n) is 6.05. The van der Waals surface area contributed by atoms with Gasteiger partial charge in [-0.3, -0.25) is 9.78 Å². The lowest BCUT2D eigenvalue weighted by atomic mass is 9.68. The van der Waals surface area contributed by atoms with Gasteiger partial charge >= 0.3 is 0 Å². The summed E-state index contributed by atoms with van der Waals surface area (Å²) >= 11 is 0. The summed E-state index contributed by atoms with van der Waals surface area (Å²) in [6.45, 7) is 4.33. The van der Waals surface area contributed by atoms with Crippen molar-refractivity contribution in [3.05, 3.63) is 77.1 Å². The number of methoxy groups -OCH3 is 1. The number of anilines is 1. The third kappa shape index (κ3) is 2.91. The molecule has 0 saturated heterocycles. The van der Waals surface area contributed by atoms with Crippen LogP contribution in [0.5, 0.6) is 5.75 Å². The minimum Gasteiger partial charge on any atom is -0.497 e. The molecule has 1 N–H and O–H groups in total. The van der Waals surface area contributed by atoms with Crippen molar-refractivity contribution in [3.8, 4) is 5.75 Å². The number of benzene rings is 2. The molecule has 0 saturated carbocycles. The molecule has 2 heterocycles. The Morgan fingerprint density at radius 2 is 1.86 bits per heavy atom. The molecule has 5 rings (SSSR count). The van der Waals surface area contributed by atoms with E-state index in [1.54, 1.807) is 7.11 Å². The van der Waals surface area contributed by atoms with Crippen LogP contribution in [0, 0.1) is 5.41 Å². The number of hydrogen-bond donors (Lipinski definition) is 1. The Bertz CT molecular complexity index is 1160. The molecule has 1 unspecified atom stereocenters. The number of carbonyl (C=O) groups is 1. The zero-order chi connectivity index (χ0) is 20.2. The summed E-state index contributed by atoms with van der Waals surface area (Å²) in [5.41, 5.74) is 6.06. The number of nitrogens with one attached hydrogen (secondary N) is 1. The van der Waals surface area contributed by atoms with Gasteiger partial charge < -0.3 is 10.1 Å². The van der Waals surface area contributed by atoms with Gasteiger partial charge in [0.15, 0.2) is 5.78 Å². The third-order valence-corrected chi connectivity index (χ3v) is 6.05. The van der Waals surface area contributed by atoms with E-state index in [2.05, 4.69) is 49.5 Å². The Hall–Kier alpha value is -3.14. The maximum Gasteiger partial charge on any atom is 0.162 e. The molecule has 2 aromatic carbocycles. The molecular weight excluding hydrogens is 360 g/mol. The molecule has 0 bridgehead atoms. The highest BCUT2D eigenvalue weighted by atomic mass is 16.5. The lowest BCUT2D eigenvalue weighted by Gasteiger charge is -2.39. The number of ketones is 1. The average molecular weight is 384 g/mol. The van der Waals surface area contributed by atoms with Crippen molar-refractivity contribution >= 4 is 22.4 Å². The lowest BCUT2D eigenvalue weighted by Crippen LogP contribution is -2.34. The van der Waals surface area contributed by atoms with Gasteiger partial charge in [0, 0.05) is 46.4 Å². The number of Topliss-reactive ketones (excluding diaryl/α,β-unsaturated/α-hetero) is 1. The summed E-state index contributed by atoms with van der Waals surface area (Å²) in [6.07, 6.45) is 3.25. The fourth-order valence-corrected chi connectivity index (χ4v) is 4.79. The van der Waals surface area contributed by atoms with E-state index in [1.807, 2.05) is 24.4 Å². The van der Waals surface area contributed by atoms with Crippen molar-refractivity contribution in [3.63, 3.8) is 0 Å². The predicted molar refractivity (Wildman–Crippen MR) is 115 cm³/mol. The van der Waals surface area contributed by atoms with Crippen LogP contribution < -0.4 is 10.1 Å². The number of carbonyl (C=O) groups excluding carboxylic acids is 1. The van der Waals surface area contributed by atoms with Crippen LogP contribution in [0.4, 0.5) is 5.69 Å². The van der Waals surface area contributed by atoms with E-state index in [1.165, 1.54) is 0 Å². The Kier molecular flexibility index (Phi) is 3.98. The Morgan fingerprint density at radius 1 is 1.07 bits per heavy atom. The van der Waals surface area contributed by atoms with E-state index < -0.39 is 0 Å². The Morgan fingerprint density at radius 3 is 2.62 bits per heavy atom. The minimum atomic E-state index is -0.130. The van der Waals surface area contributed by atoms with Crippen molar-refractivity contribution in [2.75, 3.05) is 12.4 Å². The molecule has 1 aliphatic heterocycles. The second-order valence-corrected chi connectivity index (χ2v) is 8.77. The highest BCUT2D eigenvalue weighted by Crippen LogP contribution is 2.50. The van der Waals surface area contributed by atoms with E-state index in [0.717, 1.165) is 51.2 Å². The van der Waals surface area contributed by atoms with Crippen LogP contribution in [0.1, 0.15) is 43.7 Å². The quantitative estimate of drug-likeness (QED) is 0.639. The zero-order valence-electron chi connectivity index (χ0n) is 17.0. The standard InChI is InChI=1S/C25H24N2O2/c1-25(2)13-19-22(20(28)14-25)21(15-6-9-17(29-3)10-7-15)23-18(27-19)11-8-16-5-4-12-26-24(16)23/h4-12,21,27H,13-14H2,1-3H3. The predicted octanol–water partition coefficient (Wildman–Crippen LogP) is 5.44. The van der Waals surface area contributed by atoms with Gasteiger partial charge in [0.2, 0.25) is 0 Å². The molecule has 0 radical (unpaired) electrons. The van der Waals surface area contributed by atoms with Crippen LogP contribution in [-0.2, 0) is 4.79 Å². The van der Waals surface area contributed by atoms with Gasteiger partial charge in [-0.25, -0.2) is 0 Å². The SMILES string of the molecule is COc1ccc(C2C3=C(CC(C)(C)CC3=O)Nc3ccc4cccnc4c32)cc1. The van der Waals surface area contributed by atoms with Gasteiger partial charge in [-0.1, -0.05) is 38.1 Å². The first kappa shape index (κ1) is 17.9. The molecule has 0 spiro atoms. The number of rotatable bonds is 2. The molecule has 2 aliphatic rings. The number of nitrogens with zero attached hydrogens (tertiary/aromatic N) is 1. The van der Waals surface area contributed by atoms with E-state index in [0.29, 0.717) is 6.42 Å². The topological polar surface area (TPSA) is 51.2 Å². The molecule has 1 aliphatic carbocycles. The van der Waals surface area contributed by atoms with Crippen molar-refractivity contribution < 1.29 is 9.53 Å². The maximum absolute atomic E-state index is 13.4. The first-order chi connectivity index (χ1) is 14.0. The Labute approximate surface area is 170 Å². The first-order valence-electron chi connectivity index (χ1n) is 10.0. The van der Waals surface area contributed by atoms with Crippen LogP contribution in [0.15, 0.2) is 66.0 Å². The fourth-order valence-electron chi connectivity index (χ4n) is 4.79. The average Bonchev–Trinajstić information content (AvgIpc) is 2.71. The summed E-state index contributed by atoms with van der Waals surface area (Å²) in [5, 5.41) is 4.68. The molecule has 0 amide bonds. The van der Waals surface area contributed by atoms with Crippen LogP contribution >= 0.6 is 0 Å². The van der Waals surface area contributed by atoms with E-state index in [-0.39, 0.29) is 17.1 Å². The zero-order valence-corrected chi connectivity index (χ0v) is 17.0. The van der Waals surface area contributed by atoms with Crippen molar-refractivity contribution in [2.24, 2.45) is 5.41 Å². The maximum atomic E-state index is 13.4. The molecule has 1 atom stereocenters. The lowest BCUT2D eigenvalue weighted by molar-refractivity contribution is -0.118. The number of ether oxygens (including phenoxy) is 1. The highest BCUT2D eigenvalue weighted by molar-refractivity contribution is 6.03. The van der Waals surface area contributed by atoms with Gasteiger partial charge in [0.05, 0.1) is 12.6 Å². The second-order valence-electron chi connectivity index (χ2n) is 8.77. The molecule has 4 nitrogen and oxygen atoms in total. The van der Waals surface area contributed by atoms with Crippen molar-refractivity contribution in [1.29, 1.82) is 0 Å². The van der Waals surface area contributed by atoms with E-state index in [9.17, 15) is 4.79 Å². The molecular formula is C25H24N2O2. The normalized spacial score (nSPS) is 20.1. The smallest absolute Gasteiger partial charge is 0.162 e. The van der Waals surface area contributed by atoms with Gasteiger partial charge in [-0.05, 0) is 41.7 Å². The molecule has 4 heteroatoms. The van der Waals surface area contributed by atoms with Gasteiger partial charge in [0.1, 0.15) is 5.75 Å². The largest absolute Gasteiger partial charge is 0.497 e. The highest BCUT2D eigenvalue weighted by Gasteiger charge is 2.41. The number of aromatic nitrogens is 1.